The molecular weight excluding hydrogens is 210 g/mol. The quantitative estimate of drug-likeness (QED) is 0.792. The fourth-order valence-electron chi connectivity index (χ4n) is 1.97. The SMILES string of the molecule is CCC(C)(O)CNCc1cccc(C2CC2)c1. The summed E-state index contributed by atoms with van der Waals surface area (Å²) in [5.41, 5.74) is 2.21. The second-order valence-electron chi connectivity index (χ2n) is 5.47. The van der Waals surface area contributed by atoms with Crippen molar-refractivity contribution in [2.75, 3.05) is 6.54 Å². The number of aliphatic hydroxyl groups is 1. The lowest BCUT2D eigenvalue weighted by atomic mass is 10.0. The normalized spacial score (nSPS) is 19.0. The lowest BCUT2D eigenvalue weighted by molar-refractivity contribution is 0.0555. The Morgan fingerprint density at radius 3 is 2.82 bits per heavy atom. The van der Waals surface area contributed by atoms with Crippen molar-refractivity contribution >= 4 is 0 Å². The van der Waals surface area contributed by atoms with Gasteiger partial charge in [-0.15, -0.1) is 0 Å². The first kappa shape index (κ1) is 12.6. The first-order valence-electron chi connectivity index (χ1n) is 6.63. The predicted molar refractivity (Wildman–Crippen MR) is 71.0 cm³/mol. The molecule has 1 aliphatic rings. The fourth-order valence-corrected chi connectivity index (χ4v) is 1.97. The van der Waals surface area contributed by atoms with Crippen molar-refractivity contribution < 1.29 is 5.11 Å². The zero-order valence-corrected chi connectivity index (χ0v) is 10.9. The molecule has 2 N–H and O–H groups in total. The molecule has 1 atom stereocenters. The van der Waals surface area contributed by atoms with Crippen molar-refractivity contribution in [3.05, 3.63) is 35.4 Å². The van der Waals surface area contributed by atoms with Gasteiger partial charge in [0, 0.05) is 13.1 Å². The first-order chi connectivity index (χ1) is 8.11. The maximum Gasteiger partial charge on any atom is 0.0741 e. The molecule has 1 aromatic rings. The molecule has 2 heteroatoms. The molecule has 2 nitrogen and oxygen atoms in total. The van der Waals surface area contributed by atoms with Gasteiger partial charge in [0.25, 0.3) is 0 Å². The molecule has 94 valence electrons. The highest BCUT2D eigenvalue weighted by Gasteiger charge is 2.23. The number of nitrogens with one attached hydrogen (secondary N) is 1. The Morgan fingerprint density at radius 1 is 1.41 bits per heavy atom. The molecule has 0 spiro atoms. The summed E-state index contributed by atoms with van der Waals surface area (Å²) in [7, 11) is 0. The molecule has 1 fully saturated rings. The first-order valence-corrected chi connectivity index (χ1v) is 6.63. The van der Waals surface area contributed by atoms with E-state index >= 15 is 0 Å². The zero-order chi connectivity index (χ0) is 12.3. The molecule has 0 bridgehead atoms. The average molecular weight is 233 g/mol. The Bertz CT molecular complexity index is 369. The highest BCUT2D eigenvalue weighted by atomic mass is 16.3. The zero-order valence-electron chi connectivity index (χ0n) is 10.9. The van der Waals surface area contributed by atoms with Crippen LogP contribution >= 0.6 is 0 Å². The van der Waals surface area contributed by atoms with E-state index in [1.807, 2.05) is 13.8 Å². The van der Waals surface area contributed by atoms with Gasteiger partial charge < -0.3 is 10.4 Å². The fraction of sp³-hybridized carbons (Fsp3) is 0.600. The van der Waals surface area contributed by atoms with E-state index in [1.54, 1.807) is 0 Å². The summed E-state index contributed by atoms with van der Waals surface area (Å²) in [6.45, 7) is 5.38. The highest BCUT2D eigenvalue weighted by Crippen LogP contribution is 2.40. The van der Waals surface area contributed by atoms with Gasteiger partial charge in [0.15, 0.2) is 0 Å². The number of rotatable bonds is 6. The van der Waals surface area contributed by atoms with Gasteiger partial charge in [-0.2, -0.15) is 0 Å². The summed E-state index contributed by atoms with van der Waals surface area (Å²) in [5.74, 6) is 0.814. The van der Waals surface area contributed by atoms with Crippen LogP contribution in [0.5, 0.6) is 0 Å². The lowest BCUT2D eigenvalue weighted by Crippen LogP contribution is -2.36. The van der Waals surface area contributed by atoms with Gasteiger partial charge in [-0.05, 0) is 43.2 Å². The molecule has 1 unspecified atom stereocenters. The summed E-state index contributed by atoms with van der Waals surface area (Å²) >= 11 is 0. The van der Waals surface area contributed by atoms with Crippen LogP contribution in [0.3, 0.4) is 0 Å². The summed E-state index contributed by atoms with van der Waals surface area (Å²) in [6, 6.07) is 8.82. The summed E-state index contributed by atoms with van der Waals surface area (Å²) < 4.78 is 0. The van der Waals surface area contributed by atoms with E-state index in [4.69, 9.17) is 0 Å². The smallest absolute Gasteiger partial charge is 0.0741 e. The van der Waals surface area contributed by atoms with E-state index in [0.717, 1.165) is 18.9 Å². The summed E-state index contributed by atoms with van der Waals surface area (Å²) in [6.07, 6.45) is 3.48. The molecule has 0 aliphatic heterocycles. The van der Waals surface area contributed by atoms with Crippen molar-refractivity contribution in [3.63, 3.8) is 0 Å². The topological polar surface area (TPSA) is 32.3 Å². The third kappa shape index (κ3) is 3.83. The number of hydrogen-bond donors (Lipinski definition) is 2. The Kier molecular flexibility index (Phi) is 3.85. The van der Waals surface area contributed by atoms with Gasteiger partial charge in [-0.25, -0.2) is 0 Å². The number of hydrogen-bond acceptors (Lipinski definition) is 2. The van der Waals surface area contributed by atoms with Crippen molar-refractivity contribution in [2.45, 2.75) is 51.2 Å². The summed E-state index contributed by atoms with van der Waals surface area (Å²) in [5, 5.41) is 13.2. The monoisotopic (exact) mass is 233 g/mol. The minimum absolute atomic E-state index is 0.589. The standard InChI is InChI=1S/C15H23NO/c1-3-15(2,17)11-16-10-12-5-4-6-14(9-12)13-7-8-13/h4-6,9,13,16-17H,3,7-8,10-11H2,1-2H3. The largest absolute Gasteiger partial charge is 0.389 e. The second-order valence-corrected chi connectivity index (χ2v) is 5.47. The van der Waals surface area contributed by atoms with Gasteiger partial charge in [0.05, 0.1) is 5.60 Å². The van der Waals surface area contributed by atoms with Gasteiger partial charge in [-0.3, -0.25) is 0 Å². The van der Waals surface area contributed by atoms with Gasteiger partial charge in [-0.1, -0.05) is 31.2 Å². The van der Waals surface area contributed by atoms with Crippen LogP contribution in [0.15, 0.2) is 24.3 Å². The Hall–Kier alpha value is -0.860. The minimum atomic E-state index is -0.589. The Labute approximate surface area is 104 Å². The third-order valence-corrected chi connectivity index (χ3v) is 3.60. The molecule has 0 saturated heterocycles. The van der Waals surface area contributed by atoms with Crippen LogP contribution in [0, 0.1) is 0 Å². The van der Waals surface area contributed by atoms with E-state index in [9.17, 15) is 5.11 Å². The van der Waals surface area contributed by atoms with E-state index < -0.39 is 5.60 Å². The summed E-state index contributed by atoms with van der Waals surface area (Å²) in [4.78, 5) is 0. The average Bonchev–Trinajstić information content (AvgIpc) is 3.13. The molecule has 0 aromatic heterocycles. The molecule has 0 radical (unpaired) electrons. The second kappa shape index (κ2) is 5.19. The number of benzene rings is 1. The van der Waals surface area contributed by atoms with Crippen molar-refractivity contribution in [3.8, 4) is 0 Å². The maximum atomic E-state index is 9.89. The molecular formula is C15H23NO. The van der Waals surface area contributed by atoms with E-state index in [-0.39, 0.29) is 0 Å². The van der Waals surface area contributed by atoms with Crippen molar-refractivity contribution in [1.29, 1.82) is 0 Å². The lowest BCUT2D eigenvalue weighted by Gasteiger charge is -2.21. The molecule has 17 heavy (non-hydrogen) atoms. The van der Waals surface area contributed by atoms with Crippen LogP contribution in [0.4, 0.5) is 0 Å². The van der Waals surface area contributed by atoms with Crippen LogP contribution < -0.4 is 5.32 Å². The molecule has 1 aliphatic carbocycles. The molecule has 1 saturated carbocycles. The van der Waals surface area contributed by atoms with E-state index in [0.29, 0.717) is 6.54 Å². The van der Waals surface area contributed by atoms with Crippen LogP contribution in [0.1, 0.15) is 50.2 Å². The van der Waals surface area contributed by atoms with E-state index in [2.05, 4.69) is 29.6 Å². The minimum Gasteiger partial charge on any atom is -0.389 e. The molecule has 2 rings (SSSR count). The van der Waals surface area contributed by atoms with Crippen molar-refractivity contribution in [1.82, 2.24) is 5.32 Å². The highest BCUT2D eigenvalue weighted by molar-refractivity contribution is 5.29. The third-order valence-electron chi connectivity index (χ3n) is 3.60. The maximum absolute atomic E-state index is 9.89. The predicted octanol–water partition coefficient (Wildman–Crippen LogP) is 2.81. The molecule has 1 aromatic carbocycles. The Morgan fingerprint density at radius 2 is 2.18 bits per heavy atom. The Balaban J connectivity index is 1.84. The van der Waals surface area contributed by atoms with Gasteiger partial charge in [0.2, 0.25) is 0 Å². The van der Waals surface area contributed by atoms with Crippen LogP contribution in [-0.2, 0) is 6.54 Å². The van der Waals surface area contributed by atoms with Crippen LogP contribution in [0.2, 0.25) is 0 Å². The van der Waals surface area contributed by atoms with Gasteiger partial charge >= 0.3 is 0 Å². The molecule has 0 heterocycles. The van der Waals surface area contributed by atoms with Gasteiger partial charge in [0.1, 0.15) is 0 Å². The van der Waals surface area contributed by atoms with Crippen LogP contribution in [0.25, 0.3) is 0 Å². The van der Waals surface area contributed by atoms with Crippen molar-refractivity contribution in [2.24, 2.45) is 0 Å². The van der Waals surface area contributed by atoms with E-state index in [1.165, 1.54) is 24.0 Å². The van der Waals surface area contributed by atoms with Crippen LogP contribution in [-0.4, -0.2) is 17.3 Å². The molecule has 0 amide bonds.